The third-order valence-corrected chi connectivity index (χ3v) is 6.57. The molecule has 0 radical (unpaired) electrons. The minimum absolute atomic E-state index is 0.682. The maximum absolute atomic E-state index is 6.04. The van der Waals surface area contributed by atoms with Crippen LogP contribution in [0.4, 0.5) is 0 Å². The predicted octanol–water partition coefficient (Wildman–Crippen LogP) is 8.44. The number of benzene rings is 4. The Balaban J connectivity index is 1.37. The SMILES string of the molecule is c1ccc(-c2cc(-c3ccc4oc5ccccc5c4c3)nc(-c3ccc(-c4ccccn4)cc3)n2)cc1. The van der Waals surface area contributed by atoms with E-state index in [2.05, 4.69) is 65.6 Å². The first-order valence-electron chi connectivity index (χ1n) is 12.2. The van der Waals surface area contributed by atoms with Crippen molar-refractivity contribution in [2.45, 2.75) is 0 Å². The molecule has 7 rings (SSSR count). The van der Waals surface area contributed by atoms with Crippen LogP contribution in [0.2, 0.25) is 0 Å². The topological polar surface area (TPSA) is 51.8 Å². The van der Waals surface area contributed by atoms with E-state index in [9.17, 15) is 0 Å². The van der Waals surface area contributed by atoms with Gasteiger partial charge in [0.1, 0.15) is 11.2 Å². The van der Waals surface area contributed by atoms with Crippen LogP contribution in [-0.4, -0.2) is 15.0 Å². The highest BCUT2D eigenvalue weighted by Gasteiger charge is 2.13. The molecule has 37 heavy (non-hydrogen) atoms. The molecule has 4 nitrogen and oxygen atoms in total. The molecule has 4 aromatic carbocycles. The number of aromatic nitrogens is 3. The fourth-order valence-corrected chi connectivity index (χ4v) is 4.69. The van der Waals surface area contributed by atoms with Crippen molar-refractivity contribution in [1.82, 2.24) is 15.0 Å². The lowest BCUT2D eigenvalue weighted by Gasteiger charge is -2.10. The molecule has 0 N–H and O–H groups in total. The van der Waals surface area contributed by atoms with Crippen LogP contribution in [0.3, 0.4) is 0 Å². The Hall–Kier alpha value is -5.09. The Labute approximate surface area is 213 Å². The number of rotatable bonds is 4. The minimum atomic E-state index is 0.682. The number of pyridine rings is 1. The van der Waals surface area contributed by atoms with Crippen molar-refractivity contribution in [3.05, 3.63) is 128 Å². The van der Waals surface area contributed by atoms with Gasteiger partial charge in [0, 0.05) is 39.2 Å². The van der Waals surface area contributed by atoms with Crippen molar-refractivity contribution in [3.63, 3.8) is 0 Å². The molecule has 3 heterocycles. The Morgan fingerprint density at radius 1 is 0.432 bits per heavy atom. The largest absolute Gasteiger partial charge is 0.456 e. The number of fused-ring (bicyclic) bond motifs is 3. The zero-order valence-electron chi connectivity index (χ0n) is 19.9. The van der Waals surface area contributed by atoms with Gasteiger partial charge in [0.2, 0.25) is 0 Å². The van der Waals surface area contributed by atoms with Gasteiger partial charge in [-0.05, 0) is 42.5 Å². The molecule has 174 valence electrons. The first kappa shape index (κ1) is 21.2. The van der Waals surface area contributed by atoms with Gasteiger partial charge in [-0.3, -0.25) is 4.98 Å². The van der Waals surface area contributed by atoms with E-state index in [0.29, 0.717) is 5.82 Å². The molecule has 0 saturated heterocycles. The van der Waals surface area contributed by atoms with E-state index >= 15 is 0 Å². The molecule has 4 heteroatoms. The van der Waals surface area contributed by atoms with Crippen LogP contribution < -0.4 is 0 Å². The van der Waals surface area contributed by atoms with Crippen molar-refractivity contribution < 1.29 is 4.42 Å². The van der Waals surface area contributed by atoms with Gasteiger partial charge in [-0.15, -0.1) is 0 Å². The van der Waals surface area contributed by atoms with Gasteiger partial charge in [0.05, 0.1) is 17.1 Å². The van der Waals surface area contributed by atoms with E-state index in [0.717, 1.165) is 61.3 Å². The number of para-hydroxylation sites is 1. The van der Waals surface area contributed by atoms with Crippen molar-refractivity contribution in [2.24, 2.45) is 0 Å². The van der Waals surface area contributed by atoms with Crippen LogP contribution in [0.1, 0.15) is 0 Å². The fraction of sp³-hybridized carbons (Fsp3) is 0. The highest BCUT2D eigenvalue weighted by Crippen LogP contribution is 2.34. The van der Waals surface area contributed by atoms with Crippen molar-refractivity contribution in [1.29, 1.82) is 0 Å². The molecule has 0 aliphatic rings. The molecule has 3 aromatic heterocycles. The van der Waals surface area contributed by atoms with E-state index in [1.165, 1.54) is 0 Å². The smallest absolute Gasteiger partial charge is 0.160 e. The molecular formula is C33H21N3O. The van der Waals surface area contributed by atoms with E-state index < -0.39 is 0 Å². The molecule has 0 bridgehead atoms. The maximum Gasteiger partial charge on any atom is 0.160 e. The lowest BCUT2D eigenvalue weighted by Crippen LogP contribution is -1.96. The Kier molecular flexibility index (Phi) is 5.07. The van der Waals surface area contributed by atoms with Gasteiger partial charge in [-0.25, -0.2) is 9.97 Å². The predicted molar refractivity (Wildman–Crippen MR) is 149 cm³/mol. The number of nitrogens with zero attached hydrogens (tertiary/aromatic N) is 3. The summed E-state index contributed by atoms with van der Waals surface area (Å²) in [6, 6.07) is 40.8. The Bertz CT molecular complexity index is 1860. The molecular weight excluding hydrogens is 454 g/mol. The van der Waals surface area contributed by atoms with Gasteiger partial charge in [-0.1, -0.05) is 78.9 Å². The first-order chi connectivity index (χ1) is 18.3. The van der Waals surface area contributed by atoms with Crippen LogP contribution in [0.15, 0.2) is 132 Å². The van der Waals surface area contributed by atoms with Crippen LogP contribution in [0, 0.1) is 0 Å². The molecule has 0 aliphatic heterocycles. The second-order valence-electron chi connectivity index (χ2n) is 8.93. The highest BCUT2D eigenvalue weighted by molar-refractivity contribution is 6.06. The third-order valence-electron chi connectivity index (χ3n) is 6.57. The summed E-state index contributed by atoms with van der Waals surface area (Å²) in [7, 11) is 0. The van der Waals surface area contributed by atoms with Gasteiger partial charge in [0.15, 0.2) is 5.82 Å². The average molecular weight is 476 g/mol. The normalized spacial score (nSPS) is 11.2. The summed E-state index contributed by atoms with van der Waals surface area (Å²) in [6.45, 7) is 0. The summed E-state index contributed by atoms with van der Waals surface area (Å²) in [5, 5.41) is 2.18. The van der Waals surface area contributed by atoms with Gasteiger partial charge in [-0.2, -0.15) is 0 Å². The van der Waals surface area contributed by atoms with Crippen molar-refractivity contribution in [3.8, 4) is 45.2 Å². The van der Waals surface area contributed by atoms with E-state index in [-0.39, 0.29) is 0 Å². The molecule has 0 atom stereocenters. The zero-order valence-corrected chi connectivity index (χ0v) is 19.9. The summed E-state index contributed by atoms with van der Waals surface area (Å²) in [5.74, 6) is 0.682. The summed E-state index contributed by atoms with van der Waals surface area (Å²) in [4.78, 5) is 14.4. The second-order valence-corrected chi connectivity index (χ2v) is 8.93. The Morgan fingerprint density at radius 3 is 1.89 bits per heavy atom. The lowest BCUT2D eigenvalue weighted by atomic mass is 10.0. The minimum Gasteiger partial charge on any atom is -0.456 e. The first-order valence-corrected chi connectivity index (χ1v) is 12.2. The highest BCUT2D eigenvalue weighted by atomic mass is 16.3. The number of hydrogen-bond acceptors (Lipinski definition) is 4. The van der Waals surface area contributed by atoms with Gasteiger partial charge < -0.3 is 4.42 Å². The monoisotopic (exact) mass is 475 g/mol. The molecule has 0 unspecified atom stereocenters. The standard InChI is InChI=1S/C33H21N3O/c1-2-8-22(9-3-1)29-21-30(25-17-18-32-27(20-25)26-10-4-5-12-31(26)37-32)36-33(35-29)24-15-13-23(14-16-24)28-11-6-7-19-34-28/h1-21H. The summed E-state index contributed by atoms with van der Waals surface area (Å²) < 4.78 is 6.04. The molecule has 0 aliphatic carbocycles. The van der Waals surface area contributed by atoms with Crippen LogP contribution in [-0.2, 0) is 0 Å². The van der Waals surface area contributed by atoms with Crippen LogP contribution >= 0.6 is 0 Å². The third kappa shape index (κ3) is 3.95. The molecule has 0 spiro atoms. The number of hydrogen-bond donors (Lipinski definition) is 0. The Morgan fingerprint density at radius 2 is 1.08 bits per heavy atom. The average Bonchev–Trinajstić information content (AvgIpc) is 3.36. The molecule has 0 fully saturated rings. The van der Waals surface area contributed by atoms with Crippen molar-refractivity contribution >= 4 is 21.9 Å². The van der Waals surface area contributed by atoms with E-state index in [4.69, 9.17) is 14.4 Å². The van der Waals surface area contributed by atoms with E-state index in [1.54, 1.807) is 0 Å². The fourth-order valence-electron chi connectivity index (χ4n) is 4.69. The van der Waals surface area contributed by atoms with Crippen LogP contribution in [0.5, 0.6) is 0 Å². The molecule has 0 amide bonds. The lowest BCUT2D eigenvalue weighted by molar-refractivity contribution is 0.669. The van der Waals surface area contributed by atoms with Gasteiger partial charge in [0.25, 0.3) is 0 Å². The van der Waals surface area contributed by atoms with Gasteiger partial charge >= 0.3 is 0 Å². The maximum atomic E-state index is 6.04. The number of furan rings is 1. The quantitative estimate of drug-likeness (QED) is 0.256. The summed E-state index contributed by atoms with van der Waals surface area (Å²) >= 11 is 0. The molecule has 0 saturated carbocycles. The summed E-state index contributed by atoms with van der Waals surface area (Å²) in [5.41, 5.74) is 8.52. The zero-order chi connectivity index (χ0) is 24.6. The van der Waals surface area contributed by atoms with E-state index in [1.807, 2.05) is 66.9 Å². The second kappa shape index (κ2) is 8.85. The summed E-state index contributed by atoms with van der Waals surface area (Å²) in [6.07, 6.45) is 1.81. The molecule has 7 aromatic rings. The van der Waals surface area contributed by atoms with Crippen LogP contribution in [0.25, 0.3) is 67.1 Å². The van der Waals surface area contributed by atoms with Crippen molar-refractivity contribution in [2.75, 3.05) is 0 Å².